The van der Waals surface area contributed by atoms with Gasteiger partial charge in [-0.15, -0.1) is 0 Å². The summed E-state index contributed by atoms with van der Waals surface area (Å²) in [5.74, 6) is -0.798. The van der Waals surface area contributed by atoms with Crippen LogP contribution in [0.15, 0.2) is 40.9 Å². The van der Waals surface area contributed by atoms with Gasteiger partial charge < -0.3 is 10.1 Å². The molecule has 3 rings (SSSR count). The zero-order chi connectivity index (χ0) is 17.5. The van der Waals surface area contributed by atoms with Crippen LogP contribution in [-0.4, -0.2) is 17.5 Å². The number of halogens is 1. The van der Waals surface area contributed by atoms with Crippen LogP contribution in [0.3, 0.4) is 0 Å². The summed E-state index contributed by atoms with van der Waals surface area (Å²) in [5.41, 5.74) is 2.90. The summed E-state index contributed by atoms with van der Waals surface area (Å²) >= 11 is 3.40. The van der Waals surface area contributed by atoms with E-state index in [1.165, 1.54) is 0 Å². The molecular formula is C19H18BrNO3. The lowest BCUT2D eigenvalue weighted by molar-refractivity contribution is -0.134. The number of esters is 1. The van der Waals surface area contributed by atoms with Gasteiger partial charge in [0.2, 0.25) is 0 Å². The first-order valence-electron chi connectivity index (χ1n) is 7.68. The van der Waals surface area contributed by atoms with Crippen molar-refractivity contribution in [3.63, 3.8) is 0 Å². The third kappa shape index (κ3) is 3.22. The highest BCUT2D eigenvalue weighted by molar-refractivity contribution is 9.10. The molecule has 1 aliphatic rings. The highest BCUT2D eigenvalue weighted by atomic mass is 79.9. The molecule has 24 heavy (non-hydrogen) atoms. The molecule has 0 saturated heterocycles. The lowest BCUT2D eigenvalue weighted by Gasteiger charge is -2.33. The van der Waals surface area contributed by atoms with Gasteiger partial charge in [0, 0.05) is 16.6 Å². The van der Waals surface area contributed by atoms with Crippen molar-refractivity contribution in [2.24, 2.45) is 0 Å². The number of cyclic esters (lactones) is 1. The molecule has 0 bridgehead atoms. The molecule has 0 spiro atoms. The van der Waals surface area contributed by atoms with Crippen molar-refractivity contribution in [2.75, 3.05) is 5.32 Å². The third-order valence-electron chi connectivity index (χ3n) is 4.09. The van der Waals surface area contributed by atoms with E-state index in [0.29, 0.717) is 17.7 Å². The Hall–Kier alpha value is -2.14. The molecule has 5 heteroatoms. The standard InChI is InChI=1S/C19H18BrNO3/c1-11-6-12(2)8-15(7-11)21-18(23)19(3)10-13-9-14(20)4-5-16(13)17(22)24-19/h4-9H,10H2,1-3H3,(H,21,23). The molecule has 0 saturated carbocycles. The Morgan fingerprint density at radius 2 is 1.83 bits per heavy atom. The number of fused-ring (bicyclic) bond motifs is 1. The lowest BCUT2D eigenvalue weighted by Crippen LogP contribution is -2.48. The molecule has 1 aliphatic heterocycles. The summed E-state index contributed by atoms with van der Waals surface area (Å²) in [7, 11) is 0. The molecule has 1 unspecified atom stereocenters. The fourth-order valence-corrected chi connectivity index (χ4v) is 3.41. The van der Waals surface area contributed by atoms with E-state index in [9.17, 15) is 9.59 Å². The van der Waals surface area contributed by atoms with Crippen LogP contribution in [0.1, 0.15) is 34.0 Å². The molecule has 4 nitrogen and oxygen atoms in total. The Kier molecular flexibility index (Phi) is 4.22. The van der Waals surface area contributed by atoms with Crippen molar-refractivity contribution in [1.29, 1.82) is 0 Å². The number of carbonyl (C=O) groups is 2. The largest absolute Gasteiger partial charge is 0.445 e. The molecule has 1 heterocycles. The van der Waals surface area contributed by atoms with Crippen LogP contribution in [0.2, 0.25) is 0 Å². The van der Waals surface area contributed by atoms with Gasteiger partial charge in [0.25, 0.3) is 5.91 Å². The number of amides is 1. The quantitative estimate of drug-likeness (QED) is 0.786. The Morgan fingerprint density at radius 3 is 2.50 bits per heavy atom. The number of aryl methyl sites for hydroxylation is 2. The smallest absolute Gasteiger partial charge is 0.339 e. The van der Waals surface area contributed by atoms with Gasteiger partial charge in [-0.2, -0.15) is 0 Å². The van der Waals surface area contributed by atoms with Crippen LogP contribution in [0.5, 0.6) is 0 Å². The molecule has 1 N–H and O–H groups in total. The van der Waals surface area contributed by atoms with E-state index < -0.39 is 11.6 Å². The van der Waals surface area contributed by atoms with E-state index in [1.54, 1.807) is 19.1 Å². The first kappa shape index (κ1) is 16.7. The highest BCUT2D eigenvalue weighted by Crippen LogP contribution is 2.31. The number of carbonyl (C=O) groups excluding carboxylic acids is 2. The minimum atomic E-state index is -1.23. The van der Waals surface area contributed by atoms with Crippen molar-refractivity contribution in [3.05, 3.63) is 63.1 Å². The lowest BCUT2D eigenvalue weighted by atomic mass is 9.89. The van der Waals surface area contributed by atoms with E-state index in [4.69, 9.17) is 4.74 Å². The molecule has 0 radical (unpaired) electrons. The molecular weight excluding hydrogens is 370 g/mol. The van der Waals surface area contributed by atoms with Crippen molar-refractivity contribution in [2.45, 2.75) is 32.8 Å². The van der Waals surface area contributed by atoms with Crippen LogP contribution in [-0.2, 0) is 16.0 Å². The van der Waals surface area contributed by atoms with Crippen molar-refractivity contribution >= 4 is 33.5 Å². The molecule has 0 fully saturated rings. The van der Waals surface area contributed by atoms with Crippen LogP contribution in [0.4, 0.5) is 5.69 Å². The zero-order valence-electron chi connectivity index (χ0n) is 13.8. The predicted molar refractivity (Wildman–Crippen MR) is 96.2 cm³/mol. The molecule has 124 valence electrons. The number of hydrogen-bond donors (Lipinski definition) is 1. The number of nitrogens with one attached hydrogen (secondary N) is 1. The molecule has 1 atom stereocenters. The minimum absolute atomic E-state index is 0.327. The van der Waals surface area contributed by atoms with Crippen molar-refractivity contribution < 1.29 is 14.3 Å². The van der Waals surface area contributed by atoms with E-state index >= 15 is 0 Å². The maximum absolute atomic E-state index is 12.8. The first-order chi connectivity index (χ1) is 11.3. The molecule has 1 amide bonds. The van der Waals surface area contributed by atoms with E-state index in [1.807, 2.05) is 38.1 Å². The molecule has 2 aromatic rings. The summed E-state index contributed by atoms with van der Waals surface area (Å²) in [6.07, 6.45) is 0.337. The first-order valence-corrected chi connectivity index (χ1v) is 8.48. The number of ether oxygens (including phenoxy) is 1. The second-order valence-electron chi connectivity index (χ2n) is 6.43. The number of hydrogen-bond acceptors (Lipinski definition) is 3. The van der Waals surface area contributed by atoms with Gasteiger partial charge in [0.1, 0.15) is 0 Å². The van der Waals surface area contributed by atoms with Gasteiger partial charge in [-0.05, 0) is 67.8 Å². The summed E-state index contributed by atoms with van der Waals surface area (Å²) in [6.45, 7) is 5.59. The van der Waals surface area contributed by atoms with E-state index in [-0.39, 0.29) is 5.91 Å². The topological polar surface area (TPSA) is 55.4 Å². The van der Waals surface area contributed by atoms with Gasteiger partial charge in [-0.1, -0.05) is 22.0 Å². The van der Waals surface area contributed by atoms with Gasteiger partial charge >= 0.3 is 5.97 Å². The molecule has 0 aliphatic carbocycles. The molecule has 2 aromatic carbocycles. The zero-order valence-corrected chi connectivity index (χ0v) is 15.4. The fraction of sp³-hybridized carbons (Fsp3) is 0.263. The minimum Gasteiger partial charge on any atom is -0.445 e. The van der Waals surface area contributed by atoms with Crippen molar-refractivity contribution in [3.8, 4) is 0 Å². The highest BCUT2D eigenvalue weighted by Gasteiger charge is 2.42. The SMILES string of the molecule is Cc1cc(C)cc(NC(=O)C2(C)Cc3cc(Br)ccc3C(=O)O2)c1. The second-order valence-corrected chi connectivity index (χ2v) is 7.34. The Bertz CT molecular complexity index is 826. The maximum atomic E-state index is 12.8. The summed E-state index contributed by atoms with van der Waals surface area (Å²) in [4.78, 5) is 25.0. The van der Waals surface area contributed by atoms with Gasteiger partial charge in [0.05, 0.1) is 5.56 Å². The van der Waals surface area contributed by atoms with Crippen LogP contribution in [0, 0.1) is 13.8 Å². The summed E-state index contributed by atoms with van der Waals surface area (Å²) in [6, 6.07) is 11.2. The fourth-order valence-electron chi connectivity index (χ4n) is 3.00. The number of benzene rings is 2. The monoisotopic (exact) mass is 387 g/mol. The summed E-state index contributed by atoms with van der Waals surface area (Å²) in [5, 5.41) is 2.87. The normalized spacial score (nSPS) is 19.4. The predicted octanol–water partition coefficient (Wildman–Crippen LogP) is 4.18. The van der Waals surface area contributed by atoms with Gasteiger partial charge in [0.15, 0.2) is 5.60 Å². The Morgan fingerprint density at radius 1 is 1.17 bits per heavy atom. The average molecular weight is 388 g/mol. The second kappa shape index (κ2) is 6.06. The van der Waals surface area contributed by atoms with Gasteiger partial charge in [-0.3, -0.25) is 4.79 Å². The van der Waals surface area contributed by atoms with Crippen LogP contribution in [0.25, 0.3) is 0 Å². The number of anilines is 1. The third-order valence-corrected chi connectivity index (χ3v) is 4.59. The average Bonchev–Trinajstić information content (AvgIpc) is 2.45. The Balaban J connectivity index is 1.88. The van der Waals surface area contributed by atoms with E-state index in [0.717, 1.165) is 21.2 Å². The van der Waals surface area contributed by atoms with Crippen LogP contribution < -0.4 is 5.32 Å². The maximum Gasteiger partial charge on any atom is 0.339 e. The van der Waals surface area contributed by atoms with Gasteiger partial charge in [-0.25, -0.2) is 4.79 Å². The van der Waals surface area contributed by atoms with Crippen LogP contribution >= 0.6 is 15.9 Å². The van der Waals surface area contributed by atoms with Crippen molar-refractivity contribution in [1.82, 2.24) is 0 Å². The molecule has 0 aromatic heterocycles. The summed E-state index contributed by atoms with van der Waals surface area (Å²) < 4.78 is 6.34. The Labute approximate surface area is 149 Å². The number of rotatable bonds is 2. The van der Waals surface area contributed by atoms with E-state index in [2.05, 4.69) is 21.2 Å².